The molecule has 1 N–H and O–H groups in total. The van der Waals surface area contributed by atoms with Gasteiger partial charge in [0.15, 0.2) is 5.78 Å². The zero-order valence-electron chi connectivity index (χ0n) is 14.6. The van der Waals surface area contributed by atoms with E-state index < -0.39 is 18.0 Å². The Kier molecular flexibility index (Phi) is 5.75. The number of carbonyl (C=O) groups excluding carboxylic acids is 1. The lowest BCUT2D eigenvalue weighted by atomic mass is 9.79. The number of hydrogen-bond acceptors (Lipinski definition) is 4. The first-order valence-electron chi connectivity index (χ1n) is 8.38. The maximum Gasteiger partial charge on any atom is 0.329 e. The molecule has 0 amide bonds. The molecule has 142 valence electrons. The summed E-state index contributed by atoms with van der Waals surface area (Å²) in [5, 5.41) is 8.89. The maximum atomic E-state index is 13.1. The number of fused-ring (bicyclic) bond motifs is 1. The molecule has 27 heavy (non-hydrogen) atoms. The van der Waals surface area contributed by atoms with E-state index in [-0.39, 0.29) is 29.0 Å². The standard InChI is InChI=1S/C20H18Cl2O5/c1-20(13-5-3-2-4-6-13)10-12-9-14(27-8-7-26-11-15(23)24)17(21)18(22)16(12)19(20)25/h2-6,9H,7-8,10-11H2,1H3,(H,23,24)/t20-/m1/s1. The quantitative estimate of drug-likeness (QED) is 0.695. The fourth-order valence-electron chi connectivity index (χ4n) is 3.29. The van der Waals surface area contributed by atoms with Gasteiger partial charge in [-0.25, -0.2) is 4.79 Å². The van der Waals surface area contributed by atoms with Crippen LogP contribution in [0.1, 0.15) is 28.4 Å². The van der Waals surface area contributed by atoms with Gasteiger partial charge in [0.1, 0.15) is 24.0 Å². The van der Waals surface area contributed by atoms with Gasteiger partial charge in [0.25, 0.3) is 0 Å². The van der Waals surface area contributed by atoms with Crippen molar-refractivity contribution in [3.63, 3.8) is 0 Å². The molecule has 2 aromatic carbocycles. The summed E-state index contributed by atoms with van der Waals surface area (Å²) in [7, 11) is 0. The number of carbonyl (C=O) groups is 2. The van der Waals surface area contributed by atoms with E-state index in [0.29, 0.717) is 17.7 Å². The van der Waals surface area contributed by atoms with Crippen LogP contribution in [0.5, 0.6) is 5.75 Å². The minimum atomic E-state index is -1.05. The summed E-state index contributed by atoms with van der Waals surface area (Å²) in [4.78, 5) is 23.5. The van der Waals surface area contributed by atoms with Crippen LogP contribution < -0.4 is 4.74 Å². The molecule has 0 aliphatic heterocycles. The highest BCUT2D eigenvalue weighted by atomic mass is 35.5. The first-order valence-corrected chi connectivity index (χ1v) is 9.13. The molecule has 0 spiro atoms. The van der Waals surface area contributed by atoms with E-state index in [1.54, 1.807) is 6.07 Å². The van der Waals surface area contributed by atoms with E-state index in [2.05, 4.69) is 0 Å². The minimum absolute atomic E-state index is 0.0630. The van der Waals surface area contributed by atoms with Gasteiger partial charge in [0.05, 0.1) is 17.0 Å². The lowest BCUT2D eigenvalue weighted by Gasteiger charge is -2.22. The van der Waals surface area contributed by atoms with Gasteiger partial charge in [-0.15, -0.1) is 0 Å². The van der Waals surface area contributed by atoms with Crippen molar-refractivity contribution in [3.05, 3.63) is 63.1 Å². The van der Waals surface area contributed by atoms with Gasteiger partial charge in [-0.3, -0.25) is 4.79 Å². The summed E-state index contributed by atoms with van der Waals surface area (Å²) in [6.45, 7) is 1.71. The summed E-state index contributed by atoms with van der Waals surface area (Å²) < 4.78 is 10.5. The molecule has 2 aromatic rings. The predicted molar refractivity (Wildman–Crippen MR) is 102 cm³/mol. The second-order valence-electron chi connectivity index (χ2n) is 6.54. The number of halogens is 2. The topological polar surface area (TPSA) is 72.8 Å². The van der Waals surface area contributed by atoms with Crippen molar-refractivity contribution in [1.29, 1.82) is 0 Å². The van der Waals surface area contributed by atoms with Crippen LogP contribution in [-0.4, -0.2) is 36.7 Å². The Balaban J connectivity index is 1.82. The number of ketones is 1. The largest absolute Gasteiger partial charge is 0.490 e. The molecular formula is C20H18Cl2O5. The van der Waals surface area contributed by atoms with Gasteiger partial charge >= 0.3 is 5.97 Å². The Morgan fingerprint density at radius 1 is 1.19 bits per heavy atom. The first kappa shape index (κ1) is 19.7. The van der Waals surface area contributed by atoms with Crippen molar-refractivity contribution in [2.45, 2.75) is 18.8 Å². The molecular weight excluding hydrogens is 391 g/mol. The van der Waals surface area contributed by atoms with Gasteiger partial charge in [-0.2, -0.15) is 0 Å². The van der Waals surface area contributed by atoms with E-state index in [0.717, 1.165) is 11.1 Å². The minimum Gasteiger partial charge on any atom is -0.490 e. The van der Waals surface area contributed by atoms with Crippen LogP contribution in [0.15, 0.2) is 36.4 Å². The highest BCUT2D eigenvalue weighted by Crippen LogP contribution is 2.47. The van der Waals surface area contributed by atoms with Crippen molar-refractivity contribution in [2.24, 2.45) is 0 Å². The number of aliphatic carboxylic acids is 1. The summed E-state index contributed by atoms with van der Waals surface area (Å²) in [6, 6.07) is 11.3. The Labute approximate surface area is 166 Å². The molecule has 3 rings (SSSR count). The van der Waals surface area contributed by atoms with Crippen molar-refractivity contribution in [1.82, 2.24) is 0 Å². The third-order valence-electron chi connectivity index (χ3n) is 4.65. The molecule has 0 fully saturated rings. The third kappa shape index (κ3) is 3.81. The van der Waals surface area contributed by atoms with E-state index in [1.165, 1.54) is 0 Å². The van der Waals surface area contributed by atoms with Gasteiger partial charge < -0.3 is 14.6 Å². The smallest absolute Gasteiger partial charge is 0.329 e. The Hall–Kier alpha value is -2.08. The predicted octanol–water partition coefficient (Wildman–Crippen LogP) is 4.17. The molecule has 0 saturated heterocycles. The molecule has 0 radical (unpaired) electrons. The summed E-state index contributed by atoms with van der Waals surface area (Å²) in [5.41, 5.74) is 1.42. The van der Waals surface area contributed by atoms with Crippen LogP contribution in [0.3, 0.4) is 0 Å². The highest BCUT2D eigenvalue weighted by molar-refractivity contribution is 6.45. The van der Waals surface area contributed by atoms with Crippen LogP contribution >= 0.6 is 23.2 Å². The molecule has 1 aliphatic carbocycles. The lowest BCUT2D eigenvalue weighted by molar-refractivity contribution is -0.142. The van der Waals surface area contributed by atoms with Crippen molar-refractivity contribution < 1.29 is 24.2 Å². The normalized spacial score (nSPS) is 18.4. The number of benzene rings is 2. The second-order valence-corrected chi connectivity index (χ2v) is 7.29. The van der Waals surface area contributed by atoms with Crippen LogP contribution in [0, 0.1) is 0 Å². The van der Waals surface area contributed by atoms with Crippen LogP contribution in [-0.2, 0) is 21.4 Å². The fraction of sp³-hybridized carbons (Fsp3) is 0.300. The first-order chi connectivity index (χ1) is 12.8. The van der Waals surface area contributed by atoms with Gasteiger partial charge in [-0.1, -0.05) is 53.5 Å². The molecule has 5 nitrogen and oxygen atoms in total. The average molecular weight is 409 g/mol. The molecule has 0 saturated carbocycles. The van der Waals surface area contributed by atoms with Crippen LogP contribution in [0.4, 0.5) is 0 Å². The lowest BCUT2D eigenvalue weighted by Crippen LogP contribution is -2.29. The second kappa shape index (κ2) is 7.89. The molecule has 0 heterocycles. The summed E-state index contributed by atoms with van der Waals surface area (Å²) in [6.07, 6.45) is 0.494. The number of carboxylic acids is 1. The number of carboxylic acid groups (broad SMARTS) is 1. The summed E-state index contributed by atoms with van der Waals surface area (Å²) in [5.74, 6) is -0.760. The zero-order valence-corrected chi connectivity index (χ0v) is 16.1. The third-order valence-corrected chi connectivity index (χ3v) is 5.50. The van der Waals surface area contributed by atoms with Gasteiger partial charge in [-0.05, 0) is 30.5 Å². The molecule has 0 unspecified atom stereocenters. The fourth-order valence-corrected chi connectivity index (χ4v) is 3.79. The van der Waals surface area contributed by atoms with Crippen molar-refractivity contribution in [3.8, 4) is 5.75 Å². The van der Waals surface area contributed by atoms with E-state index in [9.17, 15) is 9.59 Å². The van der Waals surface area contributed by atoms with Crippen molar-refractivity contribution >= 4 is 35.0 Å². The van der Waals surface area contributed by atoms with E-state index in [4.69, 9.17) is 37.8 Å². The SMILES string of the molecule is C[C@]1(c2ccccc2)Cc2cc(OCCOCC(=O)O)c(Cl)c(Cl)c2C1=O. The molecule has 1 aliphatic rings. The molecule has 1 atom stereocenters. The van der Waals surface area contributed by atoms with E-state index >= 15 is 0 Å². The average Bonchev–Trinajstić information content (AvgIpc) is 2.91. The number of hydrogen-bond donors (Lipinski definition) is 1. The Bertz CT molecular complexity index is 882. The Morgan fingerprint density at radius 3 is 2.56 bits per heavy atom. The van der Waals surface area contributed by atoms with Gasteiger partial charge in [0.2, 0.25) is 0 Å². The van der Waals surface area contributed by atoms with Crippen molar-refractivity contribution in [2.75, 3.05) is 19.8 Å². The van der Waals surface area contributed by atoms with Crippen LogP contribution in [0.25, 0.3) is 0 Å². The number of rotatable bonds is 7. The molecule has 7 heteroatoms. The monoisotopic (exact) mass is 408 g/mol. The Morgan fingerprint density at radius 2 is 1.89 bits per heavy atom. The van der Waals surface area contributed by atoms with E-state index in [1.807, 2.05) is 37.3 Å². The zero-order chi connectivity index (χ0) is 19.6. The highest BCUT2D eigenvalue weighted by Gasteiger charge is 2.45. The number of ether oxygens (including phenoxy) is 2. The maximum absolute atomic E-state index is 13.1. The summed E-state index contributed by atoms with van der Waals surface area (Å²) >= 11 is 12.7. The van der Waals surface area contributed by atoms with Gasteiger partial charge in [0, 0.05) is 5.56 Å². The molecule has 0 bridgehead atoms. The number of Topliss-reactive ketones (excluding diaryl/α,β-unsaturated/α-hetero) is 1. The van der Waals surface area contributed by atoms with Crippen LogP contribution in [0.2, 0.25) is 10.0 Å². The molecule has 0 aromatic heterocycles.